The number of nitrogens with one attached hydrogen (secondary N) is 1. The van der Waals surface area contributed by atoms with E-state index in [1.807, 2.05) is 56.0 Å². The Morgan fingerprint density at radius 2 is 1.75 bits per heavy atom. The van der Waals surface area contributed by atoms with E-state index in [1.165, 1.54) is 0 Å². The largest absolute Gasteiger partial charge is 0.388 e. The highest BCUT2D eigenvalue weighted by Gasteiger charge is 2.65. The molecule has 53 heavy (non-hydrogen) atoms. The second kappa shape index (κ2) is 18.6. The van der Waals surface area contributed by atoms with Crippen LogP contribution in [0.3, 0.4) is 0 Å². The van der Waals surface area contributed by atoms with E-state index in [4.69, 9.17) is 14.2 Å². The van der Waals surface area contributed by atoms with Gasteiger partial charge in [-0.1, -0.05) is 77.4 Å². The van der Waals surface area contributed by atoms with E-state index in [0.29, 0.717) is 25.8 Å². The third kappa shape index (κ3) is 9.16. The van der Waals surface area contributed by atoms with E-state index in [-0.39, 0.29) is 60.6 Å². The molecule has 3 amide bonds. The van der Waals surface area contributed by atoms with E-state index < -0.39 is 54.0 Å². The number of hydrogen-bond acceptors (Lipinski definition) is 9. The van der Waals surface area contributed by atoms with E-state index >= 15 is 0 Å². The molecule has 12 nitrogen and oxygen atoms in total. The predicted octanol–water partition coefficient (Wildman–Crippen LogP) is 3.06. The number of likely N-dealkylation sites (N-methyl/N-ethyl adjacent to an activating group) is 1. The second-order valence-electron chi connectivity index (χ2n) is 16.0. The number of rotatable bonds is 18. The van der Waals surface area contributed by atoms with E-state index in [9.17, 15) is 29.7 Å². The summed E-state index contributed by atoms with van der Waals surface area (Å²) in [7, 11) is 4.96. The number of amides is 3. The number of hydrogen-bond donors (Lipinski definition) is 4. The van der Waals surface area contributed by atoms with Gasteiger partial charge >= 0.3 is 0 Å². The van der Waals surface area contributed by atoms with Crippen molar-refractivity contribution in [3.8, 4) is 0 Å². The van der Waals surface area contributed by atoms with Crippen molar-refractivity contribution in [2.75, 3.05) is 34.4 Å². The van der Waals surface area contributed by atoms with Crippen molar-refractivity contribution < 1.29 is 43.9 Å². The molecule has 1 aliphatic carbocycles. The molecule has 2 aliphatic heterocycles. The van der Waals surface area contributed by atoms with Crippen LogP contribution in [-0.4, -0.2) is 132 Å². The molecule has 298 valence electrons. The maximum Gasteiger partial charge on any atom is 0.226 e. The highest BCUT2D eigenvalue weighted by atomic mass is 16.5. The molecule has 0 aromatic heterocycles. The molecular formula is C41H65N3O9. The Morgan fingerprint density at radius 3 is 2.34 bits per heavy atom. The number of aliphatic hydroxyl groups is 3. The van der Waals surface area contributed by atoms with Gasteiger partial charge in [0.25, 0.3) is 0 Å². The molecule has 4 N–H and O–H groups in total. The monoisotopic (exact) mass is 743 g/mol. The molecule has 3 aliphatic rings. The van der Waals surface area contributed by atoms with E-state index in [1.54, 1.807) is 32.2 Å². The van der Waals surface area contributed by atoms with Gasteiger partial charge in [-0.2, -0.15) is 0 Å². The molecule has 1 aromatic rings. The lowest BCUT2D eigenvalue weighted by molar-refractivity contribution is -0.193. The van der Waals surface area contributed by atoms with Crippen molar-refractivity contribution in [3.05, 3.63) is 48.6 Å². The number of methoxy groups -OCH3 is 2. The van der Waals surface area contributed by atoms with Crippen molar-refractivity contribution in [2.24, 2.45) is 23.7 Å². The van der Waals surface area contributed by atoms with Gasteiger partial charge in [-0.3, -0.25) is 14.4 Å². The van der Waals surface area contributed by atoms with Crippen LogP contribution in [0.2, 0.25) is 0 Å². The SMILES string of the molecule is C=C[C@@H](NC(=O)[C@H](C)[C@@H](OC)[C@@H]1CCCN1C(=O)C[C@@H](OC)[C@H]([C@@H](C)CC)N(C)C(=O)CC(C)C)C1(c2ccccc2)CC1[C@@H]1OC[C@@H](O)[C@H](O)[C@H]1O. The Hall–Kier alpha value is -2.87. The molecule has 0 spiro atoms. The first-order valence-corrected chi connectivity index (χ1v) is 19.4. The predicted molar refractivity (Wildman–Crippen MR) is 202 cm³/mol. The fourth-order valence-electron chi connectivity index (χ4n) is 9.02. The summed E-state index contributed by atoms with van der Waals surface area (Å²) in [6.07, 6.45) is -0.646. The van der Waals surface area contributed by atoms with Gasteiger partial charge in [0.1, 0.15) is 18.3 Å². The maximum atomic E-state index is 14.2. The van der Waals surface area contributed by atoms with Crippen molar-refractivity contribution in [1.82, 2.24) is 15.1 Å². The minimum absolute atomic E-state index is 0.0290. The lowest BCUT2D eigenvalue weighted by Gasteiger charge is -2.40. The van der Waals surface area contributed by atoms with Crippen molar-refractivity contribution in [2.45, 2.75) is 133 Å². The Kier molecular flexibility index (Phi) is 15.1. The third-order valence-corrected chi connectivity index (χ3v) is 12.3. The van der Waals surface area contributed by atoms with E-state index in [0.717, 1.165) is 18.4 Å². The van der Waals surface area contributed by atoms with Crippen LogP contribution in [-0.2, 0) is 34.0 Å². The molecule has 13 atom stereocenters. The highest BCUT2D eigenvalue weighted by Crippen LogP contribution is 2.60. The van der Waals surface area contributed by atoms with Gasteiger partial charge in [0.15, 0.2) is 0 Å². The van der Waals surface area contributed by atoms with Gasteiger partial charge in [-0.25, -0.2) is 0 Å². The summed E-state index contributed by atoms with van der Waals surface area (Å²) in [5, 5.41) is 34.7. The molecular weight excluding hydrogens is 678 g/mol. The molecule has 0 bridgehead atoms. The second-order valence-corrected chi connectivity index (χ2v) is 16.0. The van der Waals surface area contributed by atoms with Gasteiger partial charge in [-0.05, 0) is 36.7 Å². The van der Waals surface area contributed by atoms with Crippen LogP contribution in [0.1, 0.15) is 78.7 Å². The van der Waals surface area contributed by atoms with Crippen molar-refractivity contribution >= 4 is 17.7 Å². The standard InChI is InChI=1S/C41H65N3O9/c1-10-25(5)35(43(7)33(46)20-24(3)4)31(51-8)21-34(47)44-19-15-18-29(44)38(52-9)26(6)40(50)42-32(11-2)41(27-16-13-12-14-17-27)22-28(41)39-37(49)36(48)30(45)23-53-39/h11-14,16-17,24-26,28-32,35-39,45,48-49H,2,10,15,18-23H2,1,3-9H3,(H,42,50)/t25-,26+,28?,29-,30+,31+,32+,35-,36-,37+,38+,39-,41?/m0/s1. The van der Waals surface area contributed by atoms with Crippen LogP contribution in [0.4, 0.5) is 0 Å². The van der Waals surface area contributed by atoms with Gasteiger partial charge in [0.05, 0.1) is 55.4 Å². The quantitative estimate of drug-likeness (QED) is 0.166. The van der Waals surface area contributed by atoms with E-state index in [2.05, 4.69) is 25.7 Å². The van der Waals surface area contributed by atoms with Gasteiger partial charge < -0.3 is 44.6 Å². The summed E-state index contributed by atoms with van der Waals surface area (Å²) in [5.74, 6) is -0.940. The summed E-state index contributed by atoms with van der Waals surface area (Å²) in [6.45, 7) is 14.5. The number of likely N-dealkylation sites (tertiary alicyclic amines) is 1. The van der Waals surface area contributed by atoms with Crippen LogP contribution in [0, 0.1) is 23.7 Å². The molecule has 2 saturated heterocycles. The number of ether oxygens (including phenoxy) is 3. The molecule has 1 saturated carbocycles. The van der Waals surface area contributed by atoms with Crippen LogP contribution in [0.5, 0.6) is 0 Å². The van der Waals surface area contributed by atoms with Crippen LogP contribution < -0.4 is 5.32 Å². The number of nitrogens with zero attached hydrogens (tertiary/aromatic N) is 2. The first-order chi connectivity index (χ1) is 25.2. The third-order valence-electron chi connectivity index (χ3n) is 12.3. The smallest absolute Gasteiger partial charge is 0.226 e. The summed E-state index contributed by atoms with van der Waals surface area (Å²) >= 11 is 0. The Morgan fingerprint density at radius 1 is 1.08 bits per heavy atom. The Bertz CT molecular complexity index is 1380. The zero-order chi connectivity index (χ0) is 39.2. The molecule has 4 rings (SSSR count). The lowest BCUT2D eigenvalue weighted by Crippen LogP contribution is -2.56. The fourth-order valence-corrected chi connectivity index (χ4v) is 9.02. The Labute approximate surface area is 316 Å². The van der Waals surface area contributed by atoms with Crippen LogP contribution in [0.15, 0.2) is 43.0 Å². The number of carbonyl (C=O) groups excluding carboxylic acids is 3. The number of aliphatic hydroxyl groups excluding tert-OH is 3. The first-order valence-electron chi connectivity index (χ1n) is 19.4. The fraction of sp³-hybridized carbons (Fsp3) is 0.732. The topological polar surface area (TPSA) is 158 Å². The average Bonchev–Trinajstić information content (AvgIpc) is 3.70. The van der Waals surface area contributed by atoms with Crippen molar-refractivity contribution in [3.63, 3.8) is 0 Å². The molecule has 0 radical (unpaired) electrons. The van der Waals surface area contributed by atoms with Gasteiger partial charge in [-0.15, -0.1) is 6.58 Å². The Balaban J connectivity index is 1.51. The lowest BCUT2D eigenvalue weighted by atomic mass is 9.82. The summed E-state index contributed by atoms with van der Waals surface area (Å²) in [6, 6.07) is 8.52. The average molecular weight is 744 g/mol. The minimum atomic E-state index is -1.34. The van der Waals surface area contributed by atoms with Crippen LogP contribution >= 0.6 is 0 Å². The first kappa shape index (κ1) is 42.9. The maximum absolute atomic E-state index is 14.2. The van der Waals surface area contributed by atoms with Crippen molar-refractivity contribution in [1.29, 1.82) is 0 Å². The highest BCUT2D eigenvalue weighted by molar-refractivity contribution is 5.81. The van der Waals surface area contributed by atoms with Gasteiger partial charge in [0.2, 0.25) is 17.7 Å². The normalized spacial score (nSPS) is 30.5. The summed E-state index contributed by atoms with van der Waals surface area (Å²) < 4.78 is 17.9. The minimum Gasteiger partial charge on any atom is -0.388 e. The summed E-state index contributed by atoms with van der Waals surface area (Å²) in [5.41, 5.74) is 0.268. The molecule has 3 fully saturated rings. The summed E-state index contributed by atoms with van der Waals surface area (Å²) in [4.78, 5) is 45.0. The molecule has 12 heteroatoms. The molecule has 2 unspecified atom stereocenters. The zero-order valence-corrected chi connectivity index (χ0v) is 33.0. The zero-order valence-electron chi connectivity index (χ0n) is 33.0. The molecule has 2 heterocycles. The number of carbonyl (C=O) groups is 3. The molecule has 1 aromatic carbocycles. The van der Waals surface area contributed by atoms with Gasteiger partial charge in [0, 0.05) is 45.6 Å². The van der Waals surface area contributed by atoms with Crippen LogP contribution in [0.25, 0.3) is 0 Å². The number of benzene rings is 1.